The van der Waals surface area contributed by atoms with Gasteiger partial charge in [-0.15, -0.1) is 10.2 Å². The van der Waals surface area contributed by atoms with Crippen molar-refractivity contribution in [3.8, 4) is 0 Å². The van der Waals surface area contributed by atoms with Crippen LogP contribution in [0.1, 0.15) is 17.0 Å². The molecule has 3 aromatic rings. The number of benzene rings is 1. The van der Waals surface area contributed by atoms with Crippen LogP contribution in [0.25, 0.3) is 5.65 Å². The molecule has 3 nitrogen and oxygen atoms in total. The van der Waals surface area contributed by atoms with Gasteiger partial charge >= 0.3 is 0 Å². The monoisotopic (exact) mass is 301 g/mol. The van der Waals surface area contributed by atoms with Gasteiger partial charge in [-0.3, -0.25) is 4.40 Å². The van der Waals surface area contributed by atoms with E-state index in [2.05, 4.69) is 57.3 Å². The largest absolute Gasteiger partial charge is 0.285 e. The molecule has 0 amide bonds. The number of hydrogen-bond acceptors (Lipinski definition) is 2. The smallest absolute Gasteiger partial charge is 0.160 e. The van der Waals surface area contributed by atoms with E-state index in [4.69, 9.17) is 0 Å². The minimum atomic E-state index is 0.790. The van der Waals surface area contributed by atoms with Crippen molar-refractivity contribution < 1.29 is 0 Å². The molecule has 2 aromatic heterocycles. The van der Waals surface area contributed by atoms with Crippen LogP contribution >= 0.6 is 15.9 Å². The van der Waals surface area contributed by atoms with Crippen LogP contribution in [0, 0.1) is 6.92 Å². The number of rotatable bonds is 2. The molecule has 0 saturated heterocycles. The van der Waals surface area contributed by atoms with Crippen molar-refractivity contribution in [3.05, 3.63) is 64.0 Å². The summed E-state index contributed by atoms with van der Waals surface area (Å²) in [5, 5.41) is 8.41. The fourth-order valence-electron chi connectivity index (χ4n) is 1.92. The number of halogens is 1. The van der Waals surface area contributed by atoms with Gasteiger partial charge in [0.1, 0.15) is 5.82 Å². The summed E-state index contributed by atoms with van der Waals surface area (Å²) < 4.78 is 3.05. The lowest BCUT2D eigenvalue weighted by Gasteiger charge is -2.01. The zero-order chi connectivity index (χ0) is 12.5. The molecule has 1 aromatic carbocycles. The highest BCUT2D eigenvalue weighted by Crippen LogP contribution is 2.14. The Labute approximate surface area is 114 Å². The molecule has 0 unspecified atom stereocenters. The van der Waals surface area contributed by atoms with Crippen molar-refractivity contribution in [3.63, 3.8) is 0 Å². The Morgan fingerprint density at radius 2 is 1.83 bits per heavy atom. The molecule has 3 rings (SSSR count). The fraction of sp³-hybridized carbons (Fsp3) is 0.143. The average Bonchev–Trinajstić information content (AvgIpc) is 2.75. The van der Waals surface area contributed by atoms with Gasteiger partial charge in [0.05, 0.1) is 0 Å². The van der Waals surface area contributed by atoms with Gasteiger partial charge in [0.2, 0.25) is 0 Å². The maximum absolute atomic E-state index is 4.25. The fourth-order valence-corrected chi connectivity index (χ4v) is 2.26. The molecule has 0 bridgehead atoms. The topological polar surface area (TPSA) is 30.2 Å². The van der Waals surface area contributed by atoms with Crippen molar-refractivity contribution in [2.24, 2.45) is 0 Å². The van der Waals surface area contributed by atoms with E-state index >= 15 is 0 Å². The molecule has 0 spiro atoms. The van der Waals surface area contributed by atoms with Crippen molar-refractivity contribution in [2.45, 2.75) is 13.3 Å². The molecule has 2 heterocycles. The van der Waals surface area contributed by atoms with E-state index in [-0.39, 0.29) is 0 Å². The number of aromatic nitrogens is 3. The minimum absolute atomic E-state index is 0.790. The summed E-state index contributed by atoms with van der Waals surface area (Å²) in [5.74, 6) is 0.954. The lowest BCUT2D eigenvalue weighted by Crippen LogP contribution is -1.96. The number of fused-ring (bicyclic) bond motifs is 1. The van der Waals surface area contributed by atoms with E-state index in [1.54, 1.807) is 0 Å². The predicted octanol–water partition coefficient (Wildman–Crippen LogP) is 3.39. The van der Waals surface area contributed by atoms with Gasteiger partial charge in [0.15, 0.2) is 5.65 Å². The molecule has 0 N–H and O–H groups in total. The zero-order valence-electron chi connectivity index (χ0n) is 9.97. The van der Waals surface area contributed by atoms with Gasteiger partial charge < -0.3 is 0 Å². The Bertz CT molecular complexity index is 686. The zero-order valence-corrected chi connectivity index (χ0v) is 11.6. The number of hydrogen-bond donors (Lipinski definition) is 0. The van der Waals surface area contributed by atoms with Crippen LogP contribution in [0.3, 0.4) is 0 Å². The highest BCUT2D eigenvalue weighted by atomic mass is 79.9. The Morgan fingerprint density at radius 3 is 2.61 bits per heavy atom. The molecule has 0 aliphatic carbocycles. The summed E-state index contributed by atoms with van der Waals surface area (Å²) in [7, 11) is 0. The molecule has 0 aliphatic rings. The normalized spacial score (nSPS) is 11.0. The second-order valence-electron chi connectivity index (χ2n) is 4.35. The molecule has 18 heavy (non-hydrogen) atoms. The van der Waals surface area contributed by atoms with Crippen LogP contribution in [0.4, 0.5) is 0 Å². The van der Waals surface area contributed by atoms with Gasteiger partial charge in [-0.05, 0) is 40.5 Å². The lowest BCUT2D eigenvalue weighted by molar-refractivity contribution is 0.932. The van der Waals surface area contributed by atoms with E-state index in [0.29, 0.717) is 0 Å². The summed E-state index contributed by atoms with van der Waals surface area (Å²) in [5.41, 5.74) is 3.39. The first-order valence-corrected chi connectivity index (χ1v) is 6.56. The summed E-state index contributed by atoms with van der Waals surface area (Å²) in [6, 6.07) is 12.4. The lowest BCUT2D eigenvalue weighted by atomic mass is 10.1. The Morgan fingerprint density at radius 1 is 1.06 bits per heavy atom. The summed E-state index contributed by atoms with van der Waals surface area (Å²) in [6.07, 6.45) is 2.79. The Balaban J connectivity index is 1.99. The third kappa shape index (κ3) is 2.16. The molecule has 4 heteroatoms. The number of nitrogens with zero attached hydrogens (tertiary/aromatic N) is 3. The quantitative estimate of drug-likeness (QED) is 0.726. The molecule has 0 saturated carbocycles. The van der Waals surface area contributed by atoms with E-state index in [9.17, 15) is 0 Å². The van der Waals surface area contributed by atoms with Crippen molar-refractivity contribution in [1.29, 1.82) is 0 Å². The average molecular weight is 302 g/mol. The third-order valence-electron chi connectivity index (χ3n) is 2.92. The van der Waals surface area contributed by atoms with Gasteiger partial charge in [0.25, 0.3) is 0 Å². The highest BCUT2D eigenvalue weighted by Gasteiger charge is 2.06. The van der Waals surface area contributed by atoms with E-state index in [0.717, 1.165) is 22.4 Å². The molecule has 0 aliphatic heterocycles. The van der Waals surface area contributed by atoms with Crippen LogP contribution < -0.4 is 0 Å². The first-order chi connectivity index (χ1) is 8.72. The van der Waals surface area contributed by atoms with Crippen LogP contribution in [-0.4, -0.2) is 14.6 Å². The molecular weight excluding hydrogens is 290 g/mol. The second kappa shape index (κ2) is 4.53. The molecular formula is C14H12BrN3. The van der Waals surface area contributed by atoms with Crippen LogP contribution in [-0.2, 0) is 6.42 Å². The van der Waals surface area contributed by atoms with Crippen molar-refractivity contribution >= 4 is 21.6 Å². The van der Waals surface area contributed by atoms with Crippen molar-refractivity contribution in [2.75, 3.05) is 0 Å². The van der Waals surface area contributed by atoms with Gasteiger partial charge in [-0.2, -0.15) is 0 Å². The summed E-state index contributed by atoms with van der Waals surface area (Å²) >= 11 is 3.47. The van der Waals surface area contributed by atoms with Crippen LogP contribution in [0.5, 0.6) is 0 Å². The Hall–Kier alpha value is -1.68. The standard InChI is InChI=1S/C14H12BrN3/c1-10-2-4-11(5-3-10)8-14-17-16-13-7-6-12(15)9-18(13)14/h2-7,9H,8H2,1H3. The highest BCUT2D eigenvalue weighted by molar-refractivity contribution is 9.10. The summed E-state index contributed by atoms with van der Waals surface area (Å²) in [6.45, 7) is 2.09. The molecule has 0 radical (unpaired) electrons. The molecule has 90 valence electrons. The van der Waals surface area contributed by atoms with Gasteiger partial charge in [-0.1, -0.05) is 29.8 Å². The predicted molar refractivity (Wildman–Crippen MR) is 74.7 cm³/mol. The Kier molecular flexibility index (Phi) is 2.88. The minimum Gasteiger partial charge on any atom is -0.285 e. The number of pyridine rings is 1. The first kappa shape index (κ1) is 11.4. The molecule has 0 atom stereocenters. The van der Waals surface area contributed by atoms with E-state index in [1.807, 2.05) is 22.7 Å². The summed E-state index contributed by atoms with van der Waals surface area (Å²) in [4.78, 5) is 0. The van der Waals surface area contributed by atoms with Crippen LogP contribution in [0.2, 0.25) is 0 Å². The maximum atomic E-state index is 4.25. The van der Waals surface area contributed by atoms with Crippen molar-refractivity contribution in [1.82, 2.24) is 14.6 Å². The van der Waals surface area contributed by atoms with Crippen LogP contribution in [0.15, 0.2) is 47.1 Å². The second-order valence-corrected chi connectivity index (χ2v) is 5.27. The van der Waals surface area contributed by atoms with Gasteiger partial charge in [-0.25, -0.2) is 0 Å². The van der Waals surface area contributed by atoms with Gasteiger partial charge in [0, 0.05) is 17.1 Å². The van der Waals surface area contributed by atoms with E-state index in [1.165, 1.54) is 11.1 Å². The molecule has 0 fully saturated rings. The third-order valence-corrected chi connectivity index (χ3v) is 3.39. The van der Waals surface area contributed by atoms with E-state index < -0.39 is 0 Å². The first-order valence-electron chi connectivity index (χ1n) is 5.77. The SMILES string of the molecule is Cc1ccc(Cc2nnc3ccc(Br)cn23)cc1. The number of aryl methyl sites for hydroxylation is 1. The maximum Gasteiger partial charge on any atom is 0.160 e.